The van der Waals surface area contributed by atoms with Crippen LogP contribution in [0.4, 0.5) is 0 Å². The van der Waals surface area contributed by atoms with Crippen molar-refractivity contribution in [1.82, 2.24) is 10.2 Å². The second-order valence-electron chi connectivity index (χ2n) is 4.82. The van der Waals surface area contributed by atoms with Crippen molar-refractivity contribution in [2.75, 3.05) is 32.8 Å². The van der Waals surface area contributed by atoms with Gasteiger partial charge in [-0.1, -0.05) is 13.8 Å². The van der Waals surface area contributed by atoms with E-state index in [0.717, 1.165) is 32.7 Å². The summed E-state index contributed by atoms with van der Waals surface area (Å²) >= 11 is 0. The highest BCUT2D eigenvalue weighted by molar-refractivity contribution is 5.81. The summed E-state index contributed by atoms with van der Waals surface area (Å²) in [7, 11) is 0. The molecule has 0 aromatic heterocycles. The first-order valence-electron chi connectivity index (χ1n) is 6.21. The molecule has 0 aromatic carbocycles. The minimum absolute atomic E-state index is 0.0485. The van der Waals surface area contributed by atoms with Crippen molar-refractivity contribution in [1.29, 1.82) is 0 Å². The molecule has 0 aromatic rings. The summed E-state index contributed by atoms with van der Waals surface area (Å²) in [6, 6.07) is -0.0485. The third kappa shape index (κ3) is 4.49. The second kappa shape index (κ2) is 6.86. The Morgan fingerprint density at radius 1 is 1.56 bits per heavy atom. The van der Waals surface area contributed by atoms with Crippen LogP contribution in [0.1, 0.15) is 27.2 Å². The molecule has 0 saturated carbocycles. The van der Waals surface area contributed by atoms with Crippen LogP contribution in [0.3, 0.4) is 0 Å². The van der Waals surface area contributed by atoms with Crippen molar-refractivity contribution >= 4 is 5.91 Å². The average Bonchev–Trinajstić information content (AvgIpc) is 2.38. The van der Waals surface area contributed by atoms with Crippen LogP contribution in [-0.2, 0) is 9.53 Å². The molecule has 1 saturated heterocycles. The van der Waals surface area contributed by atoms with E-state index in [2.05, 4.69) is 19.2 Å². The lowest BCUT2D eigenvalue weighted by atomic mass is 10.2. The number of hydrogen-bond acceptors (Lipinski definition) is 3. The number of nitrogens with one attached hydrogen (secondary N) is 1. The molecular weight excluding hydrogens is 204 g/mol. The second-order valence-corrected chi connectivity index (χ2v) is 4.82. The zero-order chi connectivity index (χ0) is 12.0. The number of nitrogens with zero attached hydrogens (tertiary/aromatic N) is 1. The highest BCUT2D eigenvalue weighted by Crippen LogP contribution is 2.02. The van der Waals surface area contributed by atoms with Gasteiger partial charge in [0.25, 0.3) is 0 Å². The minimum atomic E-state index is -0.0485. The van der Waals surface area contributed by atoms with Crippen LogP contribution in [0.5, 0.6) is 0 Å². The Labute approximate surface area is 98.3 Å². The van der Waals surface area contributed by atoms with E-state index in [-0.39, 0.29) is 11.9 Å². The SMILES string of the molecule is CC(C)COCCN1CCCNC(C)C1=O. The molecule has 1 fully saturated rings. The Morgan fingerprint density at radius 2 is 2.31 bits per heavy atom. The molecule has 0 aliphatic carbocycles. The molecule has 1 atom stereocenters. The van der Waals surface area contributed by atoms with E-state index < -0.39 is 0 Å². The number of carbonyl (C=O) groups is 1. The lowest BCUT2D eigenvalue weighted by Gasteiger charge is -2.22. The van der Waals surface area contributed by atoms with Gasteiger partial charge in [-0.3, -0.25) is 4.79 Å². The van der Waals surface area contributed by atoms with Crippen LogP contribution in [0.2, 0.25) is 0 Å². The Kier molecular flexibility index (Phi) is 5.77. The van der Waals surface area contributed by atoms with Gasteiger partial charge in [-0.25, -0.2) is 0 Å². The van der Waals surface area contributed by atoms with Gasteiger partial charge in [-0.15, -0.1) is 0 Å². The summed E-state index contributed by atoms with van der Waals surface area (Å²) in [4.78, 5) is 13.8. The van der Waals surface area contributed by atoms with Gasteiger partial charge in [-0.05, 0) is 25.8 Å². The lowest BCUT2D eigenvalue weighted by molar-refractivity contribution is -0.133. The Bertz CT molecular complexity index is 219. The van der Waals surface area contributed by atoms with Crippen molar-refractivity contribution in [3.63, 3.8) is 0 Å². The van der Waals surface area contributed by atoms with Crippen LogP contribution in [0.25, 0.3) is 0 Å². The Balaban J connectivity index is 2.26. The van der Waals surface area contributed by atoms with Gasteiger partial charge in [0.2, 0.25) is 5.91 Å². The smallest absolute Gasteiger partial charge is 0.239 e. The van der Waals surface area contributed by atoms with Crippen molar-refractivity contribution in [3.05, 3.63) is 0 Å². The molecule has 1 aliphatic rings. The fourth-order valence-electron chi connectivity index (χ4n) is 1.78. The van der Waals surface area contributed by atoms with Crippen LogP contribution in [0.15, 0.2) is 0 Å². The van der Waals surface area contributed by atoms with Gasteiger partial charge < -0.3 is 15.0 Å². The van der Waals surface area contributed by atoms with Crippen molar-refractivity contribution in [2.24, 2.45) is 5.92 Å². The number of hydrogen-bond donors (Lipinski definition) is 1. The summed E-state index contributed by atoms with van der Waals surface area (Å²) in [5, 5.41) is 3.20. The number of ether oxygens (including phenoxy) is 1. The molecule has 1 heterocycles. The van der Waals surface area contributed by atoms with Crippen LogP contribution >= 0.6 is 0 Å². The molecule has 94 valence electrons. The number of carbonyl (C=O) groups excluding carboxylic acids is 1. The number of amides is 1. The number of rotatable bonds is 5. The zero-order valence-electron chi connectivity index (χ0n) is 10.7. The van der Waals surface area contributed by atoms with E-state index in [1.165, 1.54) is 0 Å². The monoisotopic (exact) mass is 228 g/mol. The standard InChI is InChI=1S/C12H24N2O2/c1-10(2)9-16-8-7-14-6-4-5-13-11(3)12(14)15/h10-11,13H,4-9H2,1-3H3. The maximum Gasteiger partial charge on any atom is 0.239 e. The van der Waals surface area contributed by atoms with Crippen LogP contribution in [0, 0.1) is 5.92 Å². The van der Waals surface area contributed by atoms with Crippen molar-refractivity contribution in [3.8, 4) is 0 Å². The normalized spacial score (nSPS) is 22.6. The highest BCUT2D eigenvalue weighted by Gasteiger charge is 2.22. The molecule has 1 unspecified atom stereocenters. The quantitative estimate of drug-likeness (QED) is 0.710. The maximum absolute atomic E-state index is 11.9. The van der Waals surface area contributed by atoms with E-state index in [4.69, 9.17) is 4.74 Å². The molecule has 1 aliphatic heterocycles. The minimum Gasteiger partial charge on any atom is -0.379 e. The fourth-order valence-corrected chi connectivity index (χ4v) is 1.78. The molecule has 0 spiro atoms. The largest absolute Gasteiger partial charge is 0.379 e. The van der Waals surface area contributed by atoms with Gasteiger partial charge in [0.15, 0.2) is 0 Å². The molecule has 0 bridgehead atoms. The van der Waals surface area contributed by atoms with E-state index in [0.29, 0.717) is 12.5 Å². The first-order chi connectivity index (χ1) is 7.61. The summed E-state index contributed by atoms with van der Waals surface area (Å²) < 4.78 is 5.51. The zero-order valence-corrected chi connectivity index (χ0v) is 10.7. The molecule has 4 heteroatoms. The molecule has 1 N–H and O–H groups in total. The topological polar surface area (TPSA) is 41.6 Å². The molecule has 1 amide bonds. The summed E-state index contributed by atoms with van der Waals surface area (Å²) in [5.41, 5.74) is 0. The van der Waals surface area contributed by atoms with Crippen LogP contribution in [-0.4, -0.2) is 49.7 Å². The summed E-state index contributed by atoms with van der Waals surface area (Å²) in [6.45, 7) is 10.1. The van der Waals surface area contributed by atoms with Crippen LogP contribution < -0.4 is 5.32 Å². The molecular formula is C12H24N2O2. The summed E-state index contributed by atoms with van der Waals surface area (Å²) in [6.07, 6.45) is 1.03. The predicted octanol–water partition coefficient (Wildman–Crippen LogP) is 0.869. The third-order valence-corrected chi connectivity index (χ3v) is 2.69. The molecule has 4 nitrogen and oxygen atoms in total. The van der Waals surface area contributed by atoms with Gasteiger partial charge in [0, 0.05) is 19.7 Å². The van der Waals surface area contributed by atoms with E-state index in [1.54, 1.807) is 0 Å². The van der Waals surface area contributed by atoms with E-state index >= 15 is 0 Å². The average molecular weight is 228 g/mol. The first-order valence-corrected chi connectivity index (χ1v) is 6.21. The third-order valence-electron chi connectivity index (χ3n) is 2.69. The van der Waals surface area contributed by atoms with Gasteiger partial charge in [0.1, 0.15) is 0 Å². The van der Waals surface area contributed by atoms with Gasteiger partial charge in [0.05, 0.1) is 12.6 Å². The lowest BCUT2D eigenvalue weighted by Crippen LogP contribution is -2.43. The summed E-state index contributed by atoms with van der Waals surface area (Å²) in [5.74, 6) is 0.756. The van der Waals surface area contributed by atoms with Crippen molar-refractivity contribution < 1.29 is 9.53 Å². The highest BCUT2D eigenvalue weighted by atomic mass is 16.5. The predicted molar refractivity (Wildman–Crippen MR) is 64.3 cm³/mol. The first kappa shape index (κ1) is 13.5. The Hall–Kier alpha value is -0.610. The van der Waals surface area contributed by atoms with Crippen molar-refractivity contribution in [2.45, 2.75) is 33.2 Å². The van der Waals surface area contributed by atoms with E-state index in [9.17, 15) is 4.79 Å². The maximum atomic E-state index is 11.9. The van der Waals surface area contributed by atoms with Gasteiger partial charge >= 0.3 is 0 Å². The molecule has 16 heavy (non-hydrogen) atoms. The fraction of sp³-hybridized carbons (Fsp3) is 0.917. The van der Waals surface area contributed by atoms with E-state index in [1.807, 2.05) is 11.8 Å². The molecule has 0 radical (unpaired) electrons. The molecule has 1 rings (SSSR count). The Morgan fingerprint density at radius 3 is 3.00 bits per heavy atom. The van der Waals surface area contributed by atoms with Gasteiger partial charge in [-0.2, -0.15) is 0 Å².